The Morgan fingerprint density at radius 3 is 2.29 bits per heavy atom. The predicted octanol–water partition coefficient (Wildman–Crippen LogP) is 3.22. The van der Waals surface area contributed by atoms with Gasteiger partial charge in [-0.05, 0) is 57.0 Å². The number of benzene rings is 1. The number of halogens is 1. The van der Waals surface area contributed by atoms with Crippen LogP contribution in [0.2, 0.25) is 5.02 Å². The maximum atomic E-state index is 12.7. The van der Waals surface area contributed by atoms with Gasteiger partial charge in [-0.25, -0.2) is 13.1 Å². The van der Waals surface area contributed by atoms with Crippen molar-refractivity contribution in [3.63, 3.8) is 0 Å². The number of nitrogens with one attached hydrogen (secondary N) is 2. The monoisotopic (exact) mass is 332 g/mol. The molecule has 0 atom stereocenters. The molecular weight excluding hydrogens is 308 g/mol. The van der Waals surface area contributed by atoms with Gasteiger partial charge < -0.3 is 5.32 Å². The fraction of sp³-hybridized carbons (Fsp3) is 0.600. The first kappa shape index (κ1) is 18.4. The number of hydrogen-bond acceptors (Lipinski definition) is 3. The van der Waals surface area contributed by atoms with Crippen LogP contribution in [0.3, 0.4) is 0 Å². The second-order valence-corrected chi connectivity index (χ2v) is 7.68. The predicted molar refractivity (Wildman–Crippen MR) is 88.3 cm³/mol. The van der Waals surface area contributed by atoms with Crippen molar-refractivity contribution in [2.24, 2.45) is 0 Å². The van der Waals surface area contributed by atoms with Crippen LogP contribution in [0.25, 0.3) is 0 Å². The minimum Gasteiger partial charge on any atom is -0.316 e. The fourth-order valence-electron chi connectivity index (χ4n) is 2.13. The summed E-state index contributed by atoms with van der Waals surface area (Å²) in [6, 6.07) is 3.31. The average Bonchev–Trinajstić information content (AvgIpc) is 2.42. The molecule has 0 aliphatic rings. The Bertz CT molecular complexity index is 596. The molecule has 2 N–H and O–H groups in total. The van der Waals surface area contributed by atoms with Crippen molar-refractivity contribution in [3.05, 3.63) is 28.3 Å². The summed E-state index contributed by atoms with van der Waals surface area (Å²) < 4.78 is 28.2. The number of sulfonamides is 1. The lowest BCUT2D eigenvalue weighted by Gasteiger charge is -2.28. The molecule has 0 aliphatic heterocycles. The molecule has 0 unspecified atom stereocenters. The van der Waals surface area contributed by atoms with Crippen LogP contribution in [0.4, 0.5) is 0 Å². The van der Waals surface area contributed by atoms with Crippen LogP contribution in [0, 0.1) is 6.92 Å². The van der Waals surface area contributed by atoms with Crippen LogP contribution in [0.5, 0.6) is 0 Å². The van der Waals surface area contributed by atoms with E-state index in [0.717, 1.165) is 24.0 Å². The SMILES string of the molecule is CCC(C)(CC)NS(=O)(=O)c1cc(Cl)cc(CNC)c1C. The van der Waals surface area contributed by atoms with Crippen molar-refractivity contribution in [1.29, 1.82) is 0 Å². The summed E-state index contributed by atoms with van der Waals surface area (Å²) in [5.41, 5.74) is 1.17. The van der Waals surface area contributed by atoms with E-state index < -0.39 is 15.6 Å². The van der Waals surface area contributed by atoms with Gasteiger partial charge in [0.25, 0.3) is 0 Å². The Hall–Kier alpha value is -0.620. The molecule has 21 heavy (non-hydrogen) atoms. The Morgan fingerprint density at radius 2 is 1.81 bits per heavy atom. The van der Waals surface area contributed by atoms with Crippen molar-refractivity contribution < 1.29 is 8.42 Å². The van der Waals surface area contributed by atoms with E-state index >= 15 is 0 Å². The molecular formula is C15H25ClN2O2S. The van der Waals surface area contributed by atoms with Crippen LogP contribution in [-0.4, -0.2) is 21.0 Å². The number of hydrogen-bond donors (Lipinski definition) is 2. The third kappa shape index (κ3) is 4.42. The molecule has 1 rings (SSSR count). The lowest BCUT2D eigenvalue weighted by molar-refractivity contribution is 0.388. The van der Waals surface area contributed by atoms with Crippen LogP contribution < -0.4 is 10.0 Å². The lowest BCUT2D eigenvalue weighted by atomic mass is 9.98. The minimum absolute atomic E-state index is 0.258. The van der Waals surface area contributed by atoms with E-state index in [1.165, 1.54) is 6.07 Å². The quantitative estimate of drug-likeness (QED) is 0.806. The molecule has 0 fully saturated rings. The molecule has 0 saturated carbocycles. The van der Waals surface area contributed by atoms with Crippen molar-refractivity contribution in [1.82, 2.24) is 10.0 Å². The summed E-state index contributed by atoms with van der Waals surface area (Å²) >= 11 is 6.08. The average molecular weight is 333 g/mol. The highest BCUT2D eigenvalue weighted by Crippen LogP contribution is 2.26. The van der Waals surface area contributed by atoms with Crippen molar-refractivity contribution in [3.8, 4) is 0 Å². The highest BCUT2D eigenvalue weighted by Gasteiger charge is 2.29. The van der Waals surface area contributed by atoms with Gasteiger partial charge in [0.1, 0.15) is 0 Å². The van der Waals surface area contributed by atoms with Gasteiger partial charge in [0.2, 0.25) is 10.0 Å². The third-order valence-corrected chi connectivity index (χ3v) is 6.01. The first-order valence-electron chi connectivity index (χ1n) is 7.16. The van der Waals surface area contributed by atoms with E-state index in [1.54, 1.807) is 6.07 Å². The molecule has 4 nitrogen and oxygen atoms in total. The van der Waals surface area contributed by atoms with Crippen LogP contribution in [0.1, 0.15) is 44.7 Å². The zero-order valence-electron chi connectivity index (χ0n) is 13.4. The van der Waals surface area contributed by atoms with Gasteiger partial charge in [0.05, 0.1) is 4.90 Å². The normalized spacial score (nSPS) is 12.7. The molecule has 1 aromatic rings. The molecule has 120 valence electrons. The van der Waals surface area contributed by atoms with E-state index in [0.29, 0.717) is 11.6 Å². The van der Waals surface area contributed by atoms with Gasteiger partial charge in [-0.1, -0.05) is 25.4 Å². The van der Waals surface area contributed by atoms with Crippen LogP contribution in [-0.2, 0) is 16.6 Å². The molecule has 0 radical (unpaired) electrons. The molecule has 1 aromatic carbocycles. The fourth-order valence-corrected chi connectivity index (χ4v) is 4.30. The Labute approximate surface area is 133 Å². The third-order valence-electron chi connectivity index (χ3n) is 4.03. The second-order valence-electron chi connectivity index (χ2n) is 5.59. The summed E-state index contributed by atoms with van der Waals surface area (Å²) in [6.07, 6.45) is 1.46. The Morgan fingerprint density at radius 1 is 1.24 bits per heavy atom. The van der Waals surface area contributed by atoms with E-state index in [9.17, 15) is 8.42 Å². The summed E-state index contributed by atoms with van der Waals surface area (Å²) in [6.45, 7) is 8.26. The molecule has 0 aliphatic carbocycles. The molecule has 0 heterocycles. The van der Waals surface area contributed by atoms with Crippen molar-refractivity contribution in [2.75, 3.05) is 7.05 Å². The molecule has 6 heteroatoms. The number of rotatable bonds is 7. The standard InChI is InChI=1S/C15H25ClN2O2S/c1-6-15(4,7-2)18-21(19,20)14-9-13(16)8-12(10-17-5)11(14)3/h8-9,17-18H,6-7,10H2,1-5H3. The molecule has 0 aromatic heterocycles. The Balaban J connectivity index is 3.32. The summed E-state index contributed by atoms with van der Waals surface area (Å²) in [7, 11) is -1.78. The van der Waals surface area contributed by atoms with Crippen LogP contribution in [0.15, 0.2) is 17.0 Å². The highest BCUT2D eigenvalue weighted by atomic mass is 35.5. The van der Waals surface area contributed by atoms with Crippen LogP contribution >= 0.6 is 11.6 Å². The van der Waals surface area contributed by atoms with E-state index in [-0.39, 0.29) is 4.90 Å². The van der Waals surface area contributed by atoms with Crippen molar-refractivity contribution >= 4 is 21.6 Å². The highest BCUT2D eigenvalue weighted by molar-refractivity contribution is 7.89. The summed E-state index contributed by atoms with van der Waals surface area (Å²) in [5.74, 6) is 0. The maximum Gasteiger partial charge on any atom is 0.241 e. The molecule has 0 bridgehead atoms. The molecule has 0 spiro atoms. The molecule has 0 saturated heterocycles. The second kappa shape index (κ2) is 7.09. The zero-order chi connectivity index (χ0) is 16.3. The summed E-state index contributed by atoms with van der Waals surface area (Å²) in [5, 5.41) is 3.46. The van der Waals surface area contributed by atoms with Crippen molar-refractivity contribution in [2.45, 2.75) is 57.5 Å². The van der Waals surface area contributed by atoms with E-state index in [1.807, 2.05) is 34.7 Å². The van der Waals surface area contributed by atoms with Gasteiger partial charge in [-0.2, -0.15) is 0 Å². The lowest BCUT2D eigenvalue weighted by Crippen LogP contribution is -2.45. The van der Waals surface area contributed by atoms with Gasteiger partial charge in [0, 0.05) is 17.1 Å². The molecule has 0 amide bonds. The van der Waals surface area contributed by atoms with Gasteiger partial charge in [-0.3, -0.25) is 0 Å². The zero-order valence-corrected chi connectivity index (χ0v) is 15.0. The maximum absolute atomic E-state index is 12.7. The Kier molecular flexibility index (Phi) is 6.23. The minimum atomic E-state index is -3.60. The largest absolute Gasteiger partial charge is 0.316 e. The topological polar surface area (TPSA) is 58.2 Å². The van der Waals surface area contributed by atoms with Gasteiger partial charge in [-0.15, -0.1) is 0 Å². The first-order chi connectivity index (χ1) is 9.69. The first-order valence-corrected chi connectivity index (χ1v) is 9.02. The van der Waals surface area contributed by atoms with Gasteiger partial charge >= 0.3 is 0 Å². The van der Waals surface area contributed by atoms with E-state index in [4.69, 9.17) is 11.6 Å². The smallest absolute Gasteiger partial charge is 0.241 e. The van der Waals surface area contributed by atoms with E-state index in [2.05, 4.69) is 10.0 Å². The van der Waals surface area contributed by atoms with Gasteiger partial charge in [0.15, 0.2) is 0 Å². The summed E-state index contributed by atoms with van der Waals surface area (Å²) in [4.78, 5) is 0.258.